The zero-order valence-electron chi connectivity index (χ0n) is 17.1. The molecule has 0 saturated carbocycles. The number of rotatable bonds is 6. The van der Waals surface area contributed by atoms with Crippen molar-refractivity contribution in [3.63, 3.8) is 0 Å². The van der Waals surface area contributed by atoms with Crippen LogP contribution in [0.5, 0.6) is 0 Å². The number of nitrogens with zero attached hydrogens (tertiary/aromatic N) is 1. The molecule has 0 fully saturated rings. The molecule has 0 bridgehead atoms. The summed E-state index contributed by atoms with van der Waals surface area (Å²) < 4.78 is 6.07. The molecule has 1 aromatic heterocycles. The Morgan fingerprint density at radius 2 is 1.76 bits per heavy atom. The van der Waals surface area contributed by atoms with Crippen LogP contribution in [0.3, 0.4) is 0 Å². The van der Waals surface area contributed by atoms with Gasteiger partial charge in [0.15, 0.2) is 0 Å². The predicted octanol–water partition coefficient (Wildman–Crippen LogP) is 5.77. The quantitative estimate of drug-likeness (QED) is 0.668. The van der Waals surface area contributed by atoms with Crippen molar-refractivity contribution in [2.45, 2.75) is 60.9 Å². The van der Waals surface area contributed by atoms with Crippen LogP contribution in [0.4, 0.5) is 0 Å². The Bertz CT molecular complexity index is 749. The number of furan rings is 1. The first-order valence-corrected chi connectivity index (χ1v) is 9.14. The van der Waals surface area contributed by atoms with Crippen LogP contribution >= 0.6 is 0 Å². The number of hydrogen-bond acceptors (Lipinski definition) is 3. The van der Waals surface area contributed by atoms with Gasteiger partial charge in [-0.2, -0.15) is 0 Å². The van der Waals surface area contributed by atoms with Crippen LogP contribution in [0.25, 0.3) is 11.0 Å². The molecule has 0 amide bonds. The Kier molecular flexibility index (Phi) is 5.48. The zero-order valence-corrected chi connectivity index (χ0v) is 17.1. The first-order valence-electron chi connectivity index (χ1n) is 9.14. The minimum atomic E-state index is -0.0244. The minimum Gasteiger partial charge on any atom is -0.459 e. The SMILES string of the molecule is Cc1c(C(C)N(C)CC(=O)CC(C)(C)C(C)(C)C)oc2ccccc12. The Morgan fingerprint density at radius 3 is 2.32 bits per heavy atom. The lowest BCUT2D eigenvalue weighted by molar-refractivity contribution is -0.123. The summed E-state index contributed by atoms with van der Waals surface area (Å²) in [6.45, 7) is 15.6. The second kappa shape index (κ2) is 6.95. The van der Waals surface area contributed by atoms with Crippen LogP contribution in [-0.2, 0) is 4.79 Å². The predicted molar refractivity (Wildman–Crippen MR) is 105 cm³/mol. The number of fused-ring (bicyclic) bond motifs is 1. The molecule has 2 aromatic rings. The molecule has 1 aromatic carbocycles. The number of Topliss-reactive ketones (excluding diaryl/α,β-unsaturated/α-hetero) is 1. The van der Waals surface area contributed by atoms with Crippen molar-refractivity contribution in [2.24, 2.45) is 10.8 Å². The summed E-state index contributed by atoms with van der Waals surface area (Å²) >= 11 is 0. The number of benzene rings is 1. The number of ketones is 1. The van der Waals surface area contributed by atoms with E-state index in [1.54, 1.807) is 0 Å². The van der Waals surface area contributed by atoms with Crippen LogP contribution in [-0.4, -0.2) is 24.3 Å². The highest BCUT2D eigenvalue weighted by atomic mass is 16.3. The number of para-hydroxylation sites is 1. The van der Waals surface area contributed by atoms with E-state index in [0.717, 1.165) is 22.3 Å². The fourth-order valence-corrected chi connectivity index (χ4v) is 3.02. The highest BCUT2D eigenvalue weighted by Crippen LogP contribution is 2.41. The van der Waals surface area contributed by atoms with Gasteiger partial charge in [0, 0.05) is 11.8 Å². The Balaban J connectivity index is 2.10. The van der Waals surface area contributed by atoms with Gasteiger partial charge in [-0.3, -0.25) is 9.69 Å². The third kappa shape index (κ3) is 4.14. The molecule has 0 aliphatic carbocycles. The van der Waals surface area contributed by atoms with Gasteiger partial charge in [0.25, 0.3) is 0 Å². The molecule has 138 valence electrons. The van der Waals surface area contributed by atoms with E-state index in [1.807, 2.05) is 25.2 Å². The largest absolute Gasteiger partial charge is 0.459 e. The molecular weight excluding hydrogens is 310 g/mol. The van der Waals surface area contributed by atoms with Crippen molar-refractivity contribution >= 4 is 16.8 Å². The van der Waals surface area contributed by atoms with E-state index in [4.69, 9.17) is 4.42 Å². The standard InChI is InChI=1S/C22H33NO2/c1-15-18-11-9-10-12-19(18)25-20(15)16(2)23(8)14-17(24)13-22(6,7)21(3,4)5/h9-12,16H,13-14H2,1-8H3. The minimum absolute atomic E-state index is 0.0244. The van der Waals surface area contributed by atoms with Gasteiger partial charge in [0.05, 0.1) is 12.6 Å². The fraction of sp³-hybridized carbons (Fsp3) is 0.591. The van der Waals surface area contributed by atoms with Gasteiger partial charge in [-0.25, -0.2) is 0 Å². The van der Waals surface area contributed by atoms with Gasteiger partial charge in [0.2, 0.25) is 0 Å². The summed E-state index contributed by atoms with van der Waals surface area (Å²) in [7, 11) is 2.00. The first-order chi connectivity index (χ1) is 11.4. The van der Waals surface area contributed by atoms with Crippen LogP contribution in [0, 0.1) is 17.8 Å². The van der Waals surface area contributed by atoms with Crippen molar-refractivity contribution < 1.29 is 9.21 Å². The Hall–Kier alpha value is -1.61. The van der Waals surface area contributed by atoms with E-state index >= 15 is 0 Å². The van der Waals surface area contributed by atoms with E-state index in [1.165, 1.54) is 0 Å². The molecular formula is C22H33NO2. The smallest absolute Gasteiger partial charge is 0.147 e. The van der Waals surface area contributed by atoms with E-state index in [9.17, 15) is 4.79 Å². The lowest BCUT2D eigenvalue weighted by Crippen LogP contribution is -2.36. The topological polar surface area (TPSA) is 33.5 Å². The summed E-state index contributed by atoms with van der Waals surface area (Å²) in [5.74, 6) is 1.23. The third-order valence-corrected chi connectivity index (χ3v) is 6.02. The number of likely N-dealkylation sites (N-methyl/N-ethyl adjacent to an activating group) is 1. The van der Waals surface area contributed by atoms with Crippen LogP contribution in [0.2, 0.25) is 0 Å². The average molecular weight is 344 g/mol. The van der Waals surface area contributed by atoms with Crippen molar-refractivity contribution in [3.05, 3.63) is 35.6 Å². The molecule has 0 spiro atoms. The second-order valence-electron chi connectivity index (χ2n) is 9.03. The van der Waals surface area contributed by atoms with Crippen LogP contribution in [0.15, 0.2) is 28.7 Å². The van der Waals surface area contributed by atoms with E-state index in [-0.39, 0.29) is 22.7 Å². The number of aryl methyl sites for hydroxylation is 1. The summed E-state index contributed by atoms with van der Waals surface area (Å²) in [6.07, 6.45) is 0.590. The third-order valence-electron chi connectivity index (χ3n) is 6.02. The lowest BCUT2D eigenvalue weighted by atomic mass is 9.66. The Morgan fingerprint density at radius 1 is 1.16 bits per heavy atom. The normalized spacial score (nSPS) is 14.3. The number of carbonyl (C=O) groups is 1. The van der Waals surface area contributed by atoms with Gasteiger partial charge in [-0.1, -0.05) is 52.8 Å². The summed E-state index contributed by atoms with van der Waals surface area (Å²) in [5.41, 5.74) is 2.15. The number of carbonyl (C=O) groups excluding carboxylic acids is 1. The van der Waals surface area contributed by atoms with Gasteiger partial charge in [-0.15, -0.1) is 0 Å². The summed E-state index contributed by atoms with van der Waals surface area (Å²) in [5, 5.41) is 1.15. The van der Waals surface area contributed by atoms with Crippen molar-refractivity contribution in [1.82, 2.24) is 4.90 Å². The molecule has 0 N–H and O–H groups in total. The molecule has 1 atom stereocenters. The highest BCUT2D eigenvalue weighted by molar-refractivity contribution is 5.82. The zero-order chi connectivity index (χ0) is 19.0. The molecule has 0 aliphatic heterocycles. The molecule has 3 heteroatoms. The lowest BCUT2D eigenvalue weighted by Gasteiger charge is -2.39. The molecule has 25 heavy (non-hydrogen) atoms. The summed E-state index contributed by atoms with van der Waals surface area (Å²) in [4.78, 5) is 14.7. The van der Waals surface area contributed by atoms with E-state index in [0.29, 0.717) is 13.0 Å². The molecule has 0 radical (unpaired) electrons. The molecule has 0 saturated heterocycles. The molecule has 1 unspecified atom stereocenters. The van der Waals surface area contributed by atoms with E-state index in [2.05, 4.69) is 59.4 Å². The maximum absolute atomic E-state index is 12.6. The average Bonchev–Trinajstić information content (AvgIpc) is 2.82. The van der Waals surface area contributed by atoms with Gasteiger partial charge in [0.1, 0.15) is 17.1 Å². The molecule has 2 rings (SSSR count). The first kappa shape index (κ1) is 19.7. The molecule has 1 heterocycles. The molecule has 3 nitrogen and oxygen atoms in total. The highest BCUT2D eigenvalue weighted by Gasteiger charge is 2.35. The van der Waals surface area contributed by atoms with Crippen molar-refractivity contribution in [3.8, 4) is 0 Å². The molecule has 0 aliphatic rings. The second-order valence-corrected chi connectivity index (χ2v) is 9.03. The maximum Gasteiger partial charge on any atom is 0.147 e. The van der Waals surface area contributed by atoms with Crippen LogP contribution in [0.1, 0.15) is 65.3 Å². The van der Waals surface area contributed by atoms with Crippen LogP contribution < -0.4 is 0 Å². The van der Waals surface area contributed by atoms with Gasteiger partial charge >= 0.3 is 0 Å². The van der Waals surface area contributed by atoms with Gasteiger partial charge in [-0.05, 0) is 43.4 Å². The monoisotopic (exact) mass is 343 g/mol. The maximum atomic E-state index is 12.6. The van der Waals surface area contributed by atoms with Gasteiger partial charge < -0.3 is 4.42 Å². The van der Waals surface area contributed by atoms with Crippen molar-refractivity contribution in [2.75, 3.05) is 13.6 Å². The van der Waals surface area contributed by atoms with E-state index < -0.39 is 0 Å². The summed E-state index contributed by atoms with van der Waals surface area (Å²) in [6, 6.07) is 8.16. The fourth-order valence-electron chi connectivity index (χ4n) is 3.02. The van der Waals surface area contributed by atoms with Crippen molar-refractivity contribution in [1.29, 1.82) is 0 Å². The Labute approximate surface area is 152 Å². The number of hydrogen-bond donors (Lipinski definition) is 0.